The molecule has 7 nitrogen and oxygen atoms in total. The van der Waals surface area contributed by atoms with Crippen molar-refractivity contribution in [2.24, 2.45) is 0 Å². The quantitative estimate of drug-likeness (QED) is 0.341. The Labute approximate surface area is 191 Å². The smallest absolute Gasteiger partial charge is 0.269 e. The Morgan fingerprint density at radius 1 is 0.758 bits per heavy atom. The third-order valence-electron chi connectivity index (χ3n) is 6.72. The zero-order chi connectivity index (χ0) is 23.0. The predicted molar refractivity (Wildman–Crippen MR) is 125 cm³/mol. The number of carbonyl (C=O) groups is 2. The van der Waals surface area contributed by atoms with Gasteiger partial charge in [-0.25, -0.2) is 0 Å². The molecule has 1 aliphatic carbocycles. The van der Waals surface area contributed by atoms with Crippen molar-refractivity contribution < 1.29 is 14.5 Å². The van der Waals surface area contributed by atoms with Crippen LogP contribution in [0.3, 0.4) is 0 Å². The Kier molecular flexibility index (Phi) is 5.26. The second-order valence-electron chi connectivity index (χ2n) is 8.51. The minimum absolute atomic E-state index is 0.0695. The van der Waals surface area contributed by atoms with E-state index in [2.05, 4.69) is 9.80 Å². The molecule has 0 bridgehead atoms. The van der Waals surface area contributed by atoms with Crippen LogP contribution in [0.5, 0.6) is 0 Å². The molecule has 1 saturated heterocycles. The summed E-state index contributed by atoms with van der Waals surface area (Å²) in [6.07, 6.45) is 0. The van der Waals surface area contributed by atoms with Gasteiger partial charge in [0.25, 0.3) is 5.69 Å². The monoisotopic (exact) mass is 441 g/mol. The van der Waals surface area contributed by atoms with E-state index in [1.54, 1.807) is 36.4 Å². The van der Waals surface area contributed by atoms with Crippen LogP contribution in [0.1, 0.15) is 26.3 Å². The van der Waals surface area contributed by atoms with E-state index in [1.807, 2.05) is 30.3 Å². The number of nitro groups is 1. The molecular weight excluding hydrogens is 418 g/mol. The SMILES string of the molecule is O=C1c2ccccc2C(=O)C1(CN1CCN(c2ccc([N+](=O)[O-])cc2)CC1)c1ccccc1. The van der Waals surface area contributed by atoms with Gasteiger partial charge in [-0.3, -0.25) is 24.6 Å². The Balaban J connectivity index is 1.38. The highest BCUT2D eigenvalue weighted by Gasteiger charge is 2.54. The molecule has 1 fully saturated rings. The summed E-state index contributed by atoms with van der Waals surface area (Å²) in [5, 5.41) is 10.9. The average Bonchev–Trinajstić information content (AvgIpc) is 3.08. The first-order chi connectivity index (χ1) is 16.0. The first-order valence-corrected chi connectivity index (χ1v) is 11.0. The molecule has 1 aliphatic heterocycles. The van der Waals surface area contributed by atoms with Crippen LogP contribution in [-0.2, 0) is 5.41 Å². The third kappa shape index (κ3) is 3.50. The van der Waals surface area contributed by atoms with Crippen LogP contribution < -0.4 is 4.90 Å². The van der Waals surface area contributed by atoms with E-state index in [0.29, 0.717) is 43.9 Å². The summed E-state index contributed by atoms with van der Waals surface area (Å²) in [4.78, 5) is 42.2. The summed E-state index contributed by atoms with van der Waals surface area (Å²) < 4.78 is 0. The lowest BCUT2D eigenvalue weighted by molar-refractivity contribution is -0.384. The van der Waals surface area contributed by atoms with Gasteiger partial charge in [-0.2, -0.15) is 0 Å². The molecule has 166 valence electrons. The number of ketones is 2. The number of Topliss-reactive ketones (excluding diaryl/α,β-unsaturated/α-hetero) is 2. The molecule has 0 amide bonds. The summed E-state index contributed by atoms with van der Waals surface area (Å²) >= 11 is 0. The van der Waals surface area contributed by atoms with Gasteiger partial charge >= 0.3 is 0 Å². The molecule has 0 saturated carbocycles. The fourth-order valence-corrected chi connectivity index (χ4v) is 4.95. The van der Waals surface area contributed by atoms with Gasteiger partial charge < -0.3 is 4.90 Å². The Morgan fingerprint density at radius 2 is 1.30 bits per heavy atom. The highest BCUT2D eigenvalue weighted by atomic mass is 16.6. The zero-order valence-electron chi connectivity index (χ0n) is 18.0. The highest BCUT2D eigenvalue weighted by molar-refractivity contribution is 6.33. The van der Waals surface area contributed by atoms with Crippen molar-refractivity contribution in [2.45, 2.75) is 5.41 Å². The Hall–Kier alpha value is -3.84. The van der Waals surface area contributed by atoms with Crippen molar-refractivity contribution in [2.75, 3.05) is 37.6 Å². The zero-order valence-corrected chi connectivity index (χ0v) is 18.0. The molecule has 0 aromatic heterocycles. The number of fused-ring (bicyclic) bond motifs is 1. The van der Waals surface area contributed by atoms with Crippen molar-refractivity contribution in [3.05, 3.63) is 106 Å². The molecule has 1 heterocycles. The topological polar surface area (TPSA) is 83.8 Å². The van der Waals surface area contributed by atoms with Crippen LogP contribution in [0.25, 0.3) is 0 Å². The molecule has 0 spiro atoms. The Morgan fingerprint density at radius 3 is 1.85 bits per heavy atom. The summed E-state index contributed by atoms with van der Waals surface area (Å²) in [5.74, 6) is -0.265. The number of piperazine rings is 1. The molecule has 5 rings (SSSR count). The number of carbonyl (C=O) groups excluding carboxylic acids is 2. The number of hydrogen-bond acceptors (Lipinski definition) is 6. The van der Waals surface area contributed by atoms with Gasteiger partial charge in [0.05, 0.1) is 4.92 Å². The van der Waals surface area contributed by atoms with Gasteiger partial charge in [-0.05, 0) is 17.7 Å². The molecule has 33 heavy (non-hydrogen) atoms. The van der Waals surface area contributed by atoms with E-state index in [0.717, 1.165) is 11.3 Å². The summed E-state index contributed by atoms with van der Waals surface area (Å²) in [5.41, 5.74) is 1.49. The minimum Gasteiger partial charge on any atom is -0.369 e. The maximum absolute atomic E-state index is 13.7. The number of hydrogen-bond donors (Lipinski definition) is 0. The Bertz CT molecular complexity index is 1180. The fraction of sp³-hybridized carbons (Fsp3) is 0.231. The highest BCUT2D eigenvalue weighted by Crippen LogP contribution is 2.40. The summed E-state index contributed by atoms with van der Waals surface area (Å²) in [7, 11) is 0. The van der Waals surface area contributed by atoms with Crippen LogP contribution in [0.2, 0.25) is 0 Å². The average molecular weight is 441 g/mol. The normalized spacial score (nSPS) is 17.8. The minimum atomic E-state index is -1.24. The number of non-ortho nitro benzene ring substituents is 1. The summed E-state index contributed by atoms with van der Waals surface area (Å²) in [6.45, 7) is 3.11. The molecule has 0 unspecified atom stereocenters. The van der Waals surface area contributed by atoms with Crippen molar-refractivity contribution >= 4 is 22.9 Å². The van der Waals surface area contributed by atoms with Crippen LogP contribution >= 0.6 is 0 Å². The van der Waals surface area contributed by atoms with Crippen LogP contribution in [0.4, 0.5) is 11.4 Å². The molecule has 0 atom stereocenters. The standard InChI is InChI=1S/C26H23N3O4/c30-24-22-8-4-5-9-23(22)25(31)26(24,19-6-2-1-3-7-19)18-27-14-16-28(17-15-27)20-10-12-21(13-11-20)29(32)33/h1-13H,14-18H2. The van der Waals surface area contributed by atoms with Gasteiger partial charge in [-0.1, -0.05) is 54.6 Å². The van der Waals surface area contributed by atoms with Gasteiger partial charge in [0.2, 0.25) is 0 Å². The lowest BCUT2D eigenvalue weighted by atomic mass is 9.75. The fourth-order valence-electron chi connectivity index (χ4n) is 4.95. The van der Waals surface area contributed by atoms with Crippen molar-refractivity contribution in [1.29, 1.82) is 0 Å². The maximum Gasteiger partial charge on any atom is 0.269 e. The van der Waals surface area contributed by atoms with E-state index >= 15 is 0 Å². The largest absolute Gasteiger partial charge is 0.369 e. The van der Waals surface area contributed by atoms with Crippen LogP contribution in [0, 0.1) is 10.1 Å². The van der Waals surface area contributed by atoms with Gasteiger partial charge in [-0.15, -0.1) is 0 Å². The second-order valence-corrected chi connectivity index (χ2v) is 8.51. The number of rotatable bonds is 5. The molecule has 3 aromatic rings. The molecule has 0 N–H and O–H groups in total. The van der Waals surface area contributed by atoms with E-state index < -0.39 is 10.3 Å². The van der Waals surface area contributed by atoms with Crippen LogP contribution in [-0.4, -0.2) is 54.1 Å². The van der Waals surface area contributed by atoms with E-state index in [1.165, 1.54) is 12.1 Å². The molecular formula is C26H23N3O4. The predicted octanol–water partition coefficient (Wildman–Crippen LogP) is 3.73. The molecule has 7 heteroatoms. The van der Waals surface area contributed by atoms with E-state index in [9.17, 15) is 19.7 Å². The number of benzene rings is 3. The van der Waals surface area contributed by atoms with E-state index in [-0.39, 0.29) is 17.3 Å². The lowest BCUT2D eigenvalue weighted by Gasteiger charge is -2.40. The number of nitrogens with zero attached hydrogens (tertiary/aromatic N) is 3. The van der Waals surface area contributed by atoms with Crippen molar-refractivity contribution in [3.8, 4) is 0 Å². The second kappa shape index (κ2) is 8.26. The van der Waals surface area contributed by atoms with Crippen molar-refractivity contribution in [1.82, 2.24) is 4.90 Å². The first kappa shape index (κ1) is 21.0. The summed E-state index contributed by atoms with van der Waals surface area (Å²) in [6, 6.07) is 23.0. The van der Waals surface area contributed by atoms with Gasteiger partial charge in [0, 0.05) is 61.7 Å². The maximum atomic E-state index is 13.7. The molecule has 2 aliphatic rings. The van der Waals surface area contributed by atoms with Crippen LogP contribution in [0.15, 0.2) is 78.9 Å². The molecule has 3 aromatic carbocycles. The van der Waals surface area contributed by atoms with Crippen molar-refractivity contribution in [3.63, 3.8) is 0 Å². The lowest BCUT2D eigenvalue weighted by Crippen LogP contribution is -2.54. The first-order valence-electron chi connectivity index (χ1n) is 11.0. The van der Waals surface area contributed by atoms with Gasteiger partial charge in [0.1, 0.15) is 5.41 Å². The number of nitro benzene ring substituents is 1. The number of anilines is 1. The molecule has 0 radical (unpaired) electrons. The third-order valence-corrected chi connectivity index (χ3v) is 6.72. The van der Waals surface area contributed by atoms with E-state index in [4.69, 9.17) is 0 Å². The van der Waals surface area contributed by atoms with Gasteiger partial charge in [0.15, 0.2) is 11.6 Å².